The summed E-state index contributed by atoms with van der Waals surface area (Å²) in [6.07, 6.45) is 7.03. The van der Waals surface area contributed by atoms with Gasteiger partial charge in [-0.05, 0) is 56.1 Å². The molecule has 1 aromatic rings. The van der Waals surface area contributed by atoms with Crippen LogP contribution in [0.2, 0.25) is 0 Å². The number of amides is 2. The van der Waals surface area contributed by atoms with Gasteiger partial charge in [-0.1, -0.05) is 12.2 Å². The minimum atomic E-state index is -0.227. The Morgan fingerprint density at radius 2 is 1.68 bits per heavy atom. The van der Waals surface area contributed by atoms with Gasteiger partial charge >= 0.3 is 0 Å². The van der Waals surface area contributed by atoms with Gasteiger partial charge in [0.25, 0.3) is 11.8 Å². The van der Waals surface area contributed by atoms with Crippen LogP contribution < -0.4 is 9.47 Å². The lowest BCUT2D eigenvalue weighted by molar-refractivity contribution is -0.140. The quantitative estimate of drug-likeness (QED) is 0.432. The van der Waals surface area contributed by atoms with Crippen LogP contribution in [-0.2, 0) is 9.59 Å². The molecule has 1 saturated heterocycles. The first kappa shape index (κ1) is 17.5. The lowest BCUT2D eigenvalue weighted by atomic mass is 9.63. The zero-order valence-corrected chi connectivity index (χ0v) is 16.1. The van der Waals surface area contributed by atoms with Crippen molar-refractivity contribution in [3.8, 4) is 11.5 Å². The number of allylic oxidation sites excluding steroid dienone is 2. The summed E-state index contributed by atoms with van der Waals surface area (Å²) in [6, 6.07) is 5.47. The summed E-state index contributed by atoms with van der Waals surface area (Å²) in [4.78, 5) is 26.0. The zero-order chi connectivity index (χ0) is 19.4. The van der Waals surface area contributed by atoms with E-state index in [4.69, 9.17) is 9.47 Å². The van der Waals surface area contributed by atoms with E-state index in [1.165, 1.54) is 0 Å². The smallest absolute Gasteiger partial charge is 0.254 e. The summed E-state index contributed by atoms with van der Waals surface area (Å²) in [5.41, 5.74) is 0.713. The molecule has 4 aliphatic carbocycles. The molecule has 146 valence electrons. The van der Waals surface area contributed by atoms with Crippen molar-refractivity contribution in [1.82, 2.24) is 5.01 Å². The van der Waals surface area contributed by atoms with Gasteiger partial charge in [-0.15, -0.1) is 0 Å². The maximum atomic E-state index is 13.0. The molecule has 3 fully saturated rings. The molecule has 2 bridgehead atoms. The monoisotopic (exact) mass is 380 g/mol. The highest BCUT2D eigenvalue weighted by Gasteiger charge is 2.67. The number of benzene rings is 1. The minimum Gasteiger partial charge on any atom is -0.494 e. The standard InChI is InChI=1S/C22H24N2O4/c1-3-27-13-6-5-12(18(9-13)28-4-2)11-23-24-21(25)19-14-7-8-15(17-10-16(14)17)20(19)22(24)26/h5-9,11,14-17,19-20H,3-4,10H2,1-2H3/b23-11-/t14-,15-,16-,17-,19+,20+/m0/s1. The fourth-order valence-corrected chi connectivity index (χ4v) is 5.33. The Balaban J connectivity index is 1.40. The number of carbonyl (C=O) groups excluding carboxylic acids is 2. The van der Waals surface area contributed by atoms with Gasteiger partial charge < -0.3 is 9.47 Å². The van der Waals surface area contributed by atoms with Crippen LogP contribution >= 0.6 is 0 Å². The molecular formula is C22H24N2O4. The Morgan fingerprint density at radius 1 is 1.04 bits per heavy atom. The second kappa shape index (κ2) is 6.47. The van der Waals surface area contributed by atoms with Crippen molar-refractivity contribution in [2.24, 2.45) is 40.6 Å². The maximum Gasteiger partial charge on any atom is 0.254 e. The number of imide groups is 1. The molecule has 0 unspecified atom stereocenters. The van der Waals surface area contributed by atoms with E-state index in [9.17, 15) is 9.59 Å². The molecular weight excluding hydrogens is 356 g/mol. The summed E-state index contributed by atoms with van der Waals surface area (Å²) in [5, 5.41) is 5.39. The first-order valence-electron chi connectivity index (χ1n) is 10.1. The molecule has 0 aromatic heterocycles. The van der Waals surface area contributed by atoms with Crippen LogP contribution in [0.15, 0.2) is 35.5 Å². The van der Waals surface area contributed by atoms with Crippen LogP contribution in [0, 0.1) is 35.5 Å². The Morgan fingerprint density at radius 3 is 2.29 bits per heavy atom. The van der Waals surface area contributed by atoms with E-state index in [-0.39, 0.29) is 35.5 Å². The Bertz CT molecular complexity index is 857. The van der Waals surface area contributed by atoms with Gasteiger partial charge in [0, 0.05) is 11.6 Å². The third-order valence-corrected chi connectivity index (χ3v) is 6.55. The van der Waals surface area contributed by atoms with Gasteiger partial charge in [-0.2, -0.15) is 10.1 Å². The fraction of sp³-hybridized carbons (Fsp3) is 0.500. The molecule has 2 saturated carbocycles. The number of rotatable bonds is 6. The van der Waals surface area contributed by atoms with E-state index in [1.54, 1.807) is 12.3 Å². The van der Waals surface area contributed by atoms with E-state index in [1.807, 2.05) is 26.0 Å². The molecule has 1 heterocycles. The minimum absolute atomic E-state index is 0.153. The molecule has 6 nitrogen and oxygen atoms in total. The van der Waals surface area contributed by atoms with Crippen molar-refractivity contribution in [3.05, 3.63) is 35.9 Å². The summed E-state index contributed by atoms with van der Waals surface area (Å²) in [7, 11) is 0. The van der Waals surface area contributed by atoms with Crippen molar-refractivity contribution in [2.45, 2.75) is 20.3 Å². The second-order valence-electron chi connectivity index (χ2n) is 7.95. The molecule has 0 spiro atoms. The van der Waals surface area contributed by atoms with E-state index >= 15 is 0 Å². The summed E-state index contributed by atoms with van der Waals surface area (Å²) in [6.45, 7) is 4.89. The highest BCUT2D eigenvalue weighted by Crippen LogP contribution is 2.65. The number of hydrogen-bond donors (Lipinski definition) is 0. The van der Waals surface area contributed by atoms with E-state index in [2.05, 4.69) is 17.3 Å². The zero-order valence-electron chi connectivity index (χ0n) is 16.1. The van der Waals surface area contributed by atoms with Gasteiger partial charge in [-0.25, -0.2) is 0 Å². The molecule has 6 atom stereocenters. The van der Waals surface area contributed by atoms with Gasteiger partial charge in [-0.3, -0.25) is 9.59 Å². The van der Waals surface area contributed by atoms with Crippen molar-refractivity contribution >= 4 is 18.0 Å². The SMILES string of the molecule is CCOc1ccc(/C=N\N2C(=O)[C@@H]3[C@H]4C=C[C@@H]([C@@H]5C[C@@H]45)[C@H]3C2=O)c(OCC)c1. The molecule has 5 aliphatic rings. The second-order valence-corrected chi connectivity index (χ2v) is 7.95. The third kappa shape index (κ3) is 2.50. The molecule has 0 radical (unpaired) electrons. The third-order valence-electron chi connectivity index (χ3n) is 6.55. The van der Waals surface area contributed by atoms with Crippen LogP contribution in [-0.4, -0.2) is 36.3 Å². The van der Waals surface area contributed by atoms with Crippen molar-refractivity contribution in [1.29, 1.82) is 0 Å². The molecule has 2 amide bonds. The van der Waals surface area contributed by atoms with Crippen LogP contribution in [0.3, 0.4) is 0 Å². The van der Waals surface area contributed by atoms with Gasteiger partial charge in [0.05, 0.1) is 31.3 Å². The summed E-state index contributed by atoms with van der Waals surface area (Å²) < 4.78 is 11.2. The summed E-state index contributed by atoms with van der Waals surface area (Å²) in [5.74, 6) is 2.17. The average molecular weight is 380 g/mol. The number of nitrogens with zero attached hydrogens (tertiary/aromatic N) is 2. The van der Waals surface area contributed by atoms with E-state index < -0.39 is 0 Å². The van der Waals surface area contributed by atoms with Crippen LogP contribution in [0.1, 0.15) is 25.8 Å². The average Bonchev–Trinajstić information content (AvgIpc) is 3.47. The van der Waals surface area contributed by atoms with Crippen LogP contribution in [0.25, 0.3) is 0 Å². The first-order chi connectivity index (χ1) is 13.6. The predicted octanol–water partition coefficient (Wildman–Crippen LogP) is 2.87. The molecule has 0 N–H and O–H groups in total. The van der Waals surface area contributed by atoms with Gasteiger partial charge in [0.15, 0.2) is 0 Å². The predicted molar refractivity (Wildman–Crippen MR) is 103 cm³/mol. The normalized spacial score (nSPS) is 34.7. The van der Waals surface area contributed by atoms with E-state index in [0.717, 1.165) is 11.4 Å². The van der Waals surface area contributed by atoms with Crippen molar-refractivity contribution in [2.75, 3.05) is 13.2 Å². The maximum absolute atomic E-state index is 13.0. The molecule has 1 aliphatic heterocycles. The van der Waals surface area contributed by atoms with Crippen LogP contribution in [0.5, 0.6) is 11.5 Å². The van der Waals surface area contributed by atoms with Crippen LogP contribution in [0.4, 0.5) is 0 Å². The lowest BCUT2D eigenvalue weighted by Gasteiger charge is -2.37. The summed E-state index contributed by atoms with van der Waals surface area (Å²) >= 11 is 0. The molecule has 6 rings (SSSR count). The molecule has 28 heavy (non-hydrogen) atoms. The van der Waals surface area contributed by atoms with Crippen molar-refractivity contribution < 1.29 is 19.1 Å². The van der Waals surface area contributed by atoms with E-state index in [0.29, 0.717) is 42.1 Å². The number of hydrazone groups is 1. The van der Waals surface area contributed by atoms with Gasteiger partial charge in [0.2, 0.25) is 0 Å². The molecule has 6 heteroatoms. The lowest BCUT2D eigenvalue weighted by Crippen LogP contribution is -2.40. The van der Waals surface area contributed by atoms with Crippen molar-refractivity contribution in [3.63, 3.8) is 0 Å². The Labute approximate surface area is 164 Å². The topological polar surface area (TPSA) is 68.2 Å². The fourth-order valence-electron chi connectivity index (χ4n) is 5.33. The van der Waals surface area contributed by atoms with Gasteiger partial charge in [0.1, 0.15) is 11.5 Å². The molecule has 1 aromatic carbocycles. The Kier molecular flexibility index (Phi) is 4.03. The highest BCUT2D eigenvalue weighted by molar-refractivity contribution is 6.06. The Hall–Kier alpha value is -2.63. The number of ether oxygens (including phenoxy) is 2. The number of carbonyl (C=O) groups is 2. The number of hydrogen-bond acceptors (Lipinski definition) is 5. The highest BCUT2D eigenvalue weighted by atomic mass is 16.5. The largest absolute Gasteiger partial charge is 0.494 e. The first-order valence-corrected chi connectivity index (χ1v) is 10.1.